The maximum Gasteiger partial charge on any atom is 0.0166 e. The minimum atomic E-state index is 0.445. The van der Waals surface area contributed by atoms with Crippen LogP contribution in [0.1, 0.15) is 106 Å². The predicted molar refractivity (Wildman–Crippen MR) is 204 cm³/mol. The van der Waals surface area contributed by atoms with Gasteiger partial charge in [-0.25, -0.2) is 0 Å². The molecule has 6 atom stereocenters. The monoisotopic (exact) mass is 620 g/mol. The average Bonchev–Trinajstić information content (AvgIpc) is 3.25. The normalized spacial score (nSPS) is 27.1. The van der Waals surface area contributed by atoms with Crippen LogP contribution in [0, 0.1) is 35.5 Å². The summed E-state index contributed by atoms with van der Waals surface area (Å²) in [6.07, 6.45) is 33.7. The molecule has 0 aromatic carbocycles. The molecule has 0 N–H and O–H groups in total. The van der Waals surface area contributed by atoms with E-state index in [0.717, 1.165) is 68.2 Å². The fourth-order valence-electron chi connectivity index (χ4n) is 7.56. The highest BCUT2D eigenvalue weighted by atomic mass is 15.1. The van der Waals surface area contributed by atoms with Crippen molar-refractivity contribution in [2.75, 3.05) is 19.6 Å². The summed E-state index contributed by atoms with van der Waals surface area (Å²) in [4.78, 5) is 2.52. The molecule has 0 radical (unpaired) electrons. The van der Waals surface area contributed by atoms with E-state index in [1.807, 2.05) is 0 Å². The summed E-state index contributed by atoms with van der Waals surface area (Å²) in [5.41, 5.74) is 11.0. The van der Waals surface area contributed by atoms with Crippen molar-refractivity contribution >= 4 is 0 Å². The predicted octanol–water partition coefficient (Wildman–Crippen LogP) is 12.5. The van der Waals surface area contributed by atoms with Gasteiger partial charge >= 0.3 is 0 Å². The Morgan fingerprint density at radius 2 is 1.61 bits per heavy atom. The van der Waals surface area contributed by atoms with Crippen LogP contribution in [0.2, 0.25) is 0 Å². The molecule has 0 aromatic heterocycles. The van der Waals surface area contributed by atoms with E-state index in [9.17, 15) is 0 Å². The third-order valence-electron chi connectivity index (χ3n) is 11.9. The van der Waals surface area contributed by atoms with Gasteiger partial charge in [-0.1, -0.05) is 126 Å². The molecule has 1 nitrogen and oxygen atoms in total. The summed E-state index contributed by atoms with van der Waals surface area (Å²) in [5.74, 6) is 3.84. The van der Waals surface area contributed by atoms with Gasteiger partial charge in [0.2, 0.25) is 0 Å². The summed E-state index contributed by atoms with van der Waals surface area (Å²) < 4.78 is 0. The van der Waals surface area contributed by atoms with Crippen molar-refractivity contribution in [3.8, 4) is 0 Å². The summed E-state index contributed by atoms with van der Waals surface area (Å²) >= 11 is 0. The molecule has 6 unspecified atom stereocenters. The highest BCUT2D eigenvalue weighted by Gasteiger charge is 2.22. The Labute approximate surface area is 284 Å². The first-order valence-corrected chi connectivity index (χ1v) is 18.7. The Morgan fingerprint density at radius 1 is 0.891 bits per heavy atom. The van der Waals surface area contributed by atoms with Gasteiger partial charge in [-0.05, 0) is 129 Å². The van der Waals surface area contributed by atoms with Gasteiger partial charge in [0, 0.05) is 24.9 Å². The van der Waals surface area contributed by atoms with Gasteiger partial charge in [0.25, 0.3) is 0 Å². The van der Waals surface area contributed by atoms with Gasteiger partial charge in [-0.2, -0.15) is 0 Å². The van der Waals surface area contributed by atoms with Crippen LogP contribution < -0.4 is 0 Å². The zero-order valence-electron chi connectivity index (χ0n) is 30.4. The largest absolute Gasteiger partial charge is 0.300 e. The first-order chi connectivity index (χ1) is 22.0. The molecule has 250 valence electrons. The van der Waals surface area contributed by atoms with Gasteiger partial charge in [-0.15, -0.1) is 0 Å². The van der Waals surface area contributed by atoms with Gasteiger partial charge in [0.15, 0.2) is 0 Å². The molecular formula is C45H65N. The lowest BCUT2D eigenvalue weighted by molar-refractivity contribution is 0.304. The Morgan fingerprint density at radius 3 is 2.24 bits per heavy atom. The van der Waals surface area contributed by atoms with Crippen molar-refractivity contribution < 1.29 is 0 Å². The summed E-state index contributed by atoms with van der Waals surface area (Å²) in [6, 6.07) is 0. The Hall–Kier alpha value is -2.64. The third-order valence-corrected chi connectivity index (χ3v) is 11.9. The highest BCUT2D eigenvalue weighted by Crippen LogP contribution is 2.36. The van der Waals surface area contributed by atoms with Crippen molar-refractivity contribution in [3.63, 3.8) is 0 Å². The third kappa shape index (κ3) is 10.2. The van der Waals surface area contributed by atoms with Gasteiger partial charge in [-0.3, -0.25) is 4.90 Å². The quantitative estimate of drug-likeness (QED) is 0.138. The molecule has 1 aliphatic heterocycles. The number of likely N-dealkylation sites (N-methyl/N-ethyl adjacent to an activating group) is 1. The lowest BCUT2D eigenvalue weighted by Gasteiger charge is -2.29. The molecule has 1 heteroatoms. The molecule has 4 rings (SSSR count). The number of rotatable bonds is 14. The van der Waals surface area contributed by atoms with Crippen molar-refractivity contribution in [1.82, 2.24) is 4.90 Å². The van der Waals surface area contributed by atoms with Crippen molar-refractivity contribution in [1.29, 1.82) is 0 Å². The zero-order valence-corrected chi connectivity index (χ0v) is 30.4. The van der Waals surface area contributed by atoms with Crippen LogP contribution in [0.25, 0.3) is 0 Å². The fourth-order valence-corrected chi connectivity index (χ4v) is 7.56. The molecule has 0 spiro atoms. The van der Waals surface area contributed by atoms with Crippen molar-refractivity contribution in [2.45, 2.75) is 106 Å². The van der Waals surface area contributed by atoms with Crippen LogP contribution in [0.5, 0.6) is 0 Å². The van der Waals surface area contributed by atoms with Crippen LogP contribution in [-0.4, -0.2) is 24.5 Å². The molecule has 4 aliphatic rings. The van der Waals surface area contributed by atoms with Crippen LogP contribution in [0.4, 0.5) is 0 Å². The fraction of sp³-hybridized carbons (Fsp3) is 0.556. The SMILES string of the molecule is C=C(C=C(C)C(=C)C(C)CCC1=CCC(C2=CCC(C)C(C)CC2)C=C1)C(=C)CCC(C)C1=CCC(C2=CCN(CC)CC2)C=C1. The maximum absolute atomic E-state index is 4.50. The lowest BCUT2D eigenvalue weighted by atomic mass is 9.82. The van der Waals surface area contributed by atoms with E-state index in [2.05, 4.69) is 121 Å². The molecule has 0 fully saturated rings. The first kappa shape index (κ1) is 36.2. The van der Waals surface area contributed by atoms with Crippen LogP contribution in [0.3, 0.4) is 0 Å². The van der Waals surface area contributed by atoms with Crippen LogP contribution in [0.15, 0.2) is 119 Å². The number of nitrogens with zero attached hydrogens (tertiary/aromatic N) is 1. The van der Waals surface area contributed by atoms with Gasteiger partial charge < -0.3 is 0 Å². The molecule has 0 amide bonds. The van der Waals surface area contributed by atoms with Crippen LogP contribution >= 0.6 is 0 Å². The van der Waals surface area contributed by atoms with E-state index >= 15 is 0 Å². The smallest absolute Gasteiger partial charge is 0.0166 e. The topological polar surface area (TPSA) is 3.24 Å². The molecule has 3 aliphatic carbocycles. The van der Waals surface area contributed by atoms with Crippen molar-refractivity contribution in [3.05, 3.63) is 119 Å². The molecule has 1 heterocycles. The summed E-state index contributed by atoms with van der Waals surface area (Å²) in [6.45, 7) is 30.8. The molecule has 0 saturated heterocycles. The number of allylic oxidation sites excluding steroid dienone is 15. The highest BCUT2D eigenvalue weighted by molar-refractivity contribution is 5.43. The van der Waals surface area contributed by atoms with Gasteiger partial charge in [0.05, 0.1) is 0 Å². The second-order valence-electron chi connectivity index (χ2n) is 15.2. The number of hydrogen-bond acceptors (Lipinski definition) is 1. The second kappa shape index (κ2) is 17.5. The van der Waals surface area contributed by atoms with E-state index in [4.69, 9.17) is 0 Å². The maximum atomic E-state index is 4.50. The van der Waals surface area contributed by atoms with E-state index in [1.165, 1.54) is 60.9 Å². The Bertz CT molecular complexity index is 1320. The molecular weight excluding hydrogens is 555 g/mol. The lowest BCUT2D eigenvalue weighted by Crippen LogP contribution is -2.29. The summed E-state index contributed by atoms with van der Waals surface area (Å²) in [5, 5.41) is 0. The first-order valence-electron chi connectivity index (χ1n) is 18.7. The minimum Gasteiger partial charge on any atom is -0.300 e. The number of hydrogen-bond donors (Lipinski definition) is 0. The minimum absolute atomic E-state index is 0.445. The molecule has 0 aromatic rings. The summed E-state index contributed by atoms with van der Waals surface area (Å²) in [7, 11) is 0. The van der Waals surface area contributed by atoms with E-state index in [0.29, 0.717) is 23.7 Å². The van der Waals surface area contributed by atoms with Gasteiger partial charge in [0.1, 0.15) is 0 Å². The molecule has 0 bridgehead atoms. The van der Waals surface area contributed by atoms with E-state index in [1.54, 1.807) is 11.1 Å². The standard InChI is InChI=1S/C45H65N/c1-10-46-29-27-45(28-30-46)44-25-23-41(24-26-44)36(6)12-11-34(4)37(7)31-38(8)39(9)35(5)13-16-40-17-21-43(22-18-40)42-19-14-32(2)33(3)15-20-42/h17-19,21,23-25,27,31-33,35-36,43-44H,4,7,9-16,20,22,26,28-30H2,1-3,5-6,8H3. The van der Waals surface area contributed by atoms with Crippen molar-refractivity contribution in [2.24, 2.45) is 35.5 Å². The molecule has 0 saturated carbocycles. The Kier molecular flexibility index (Phi) is 13.8. The second-order valence-corrected chi connectivity index (χ2v) is 15.2. The van der Waals surface area contributed by atoms with E-state index in [-0.39, 0.29) is 0 Å². The zero-order chi connectivity index (χ0) is 33.2. The average molecular weight is 620 g/mol. The molecule has 46 heavy (non-hydrogen) atoms. The van der Waals surface area contributed by atoms with Crippen LogP contribution in [-0.2, 0) is 0 Å². The van der Waals surface area contributed by atoms with E-state index < -0.39 is 0 Å². The Balaban J connectivity index is 1.17.